The highest BCUT2D eigenvalue weighted by atomic mass is 35.5. The molecule has 2 aromatic heterocycles. The lowest BCUT2D eigenvalue weighted by Crippen LogP contribution is -2.13. The Morgan fingerprint density at radius 1 is 1.05 bits per heavy atom. The number of pyridine rings is 1. The van der Waals surface area contributed by atoms with E-state index >= 15 is 0 Å². The third kappa shape index (κ3) is 2.44. The van der Waals surface area contributed by atoms with Gasteiger partial charge in [-0.3, -0.25) is 14.8 Å². The number of nitrogens with zero attached hydrogens (tertiary/aromatic N) is 3. The van der Waals surface area contributed by atoms with Gasteiger partial charge >= 0.3 is 0 Å². The molecule has 20 heavy (non-hydrogen) atoms. The Morgan fingerprint density at radius 3 is 2.70 bits per heavy atom. The van der Waals surface area contributed by atoms with E-state index in [1.807, 2.05) is 6.07 Å². The Morgan fingerprint density at radius 2 is 1.90 bits per heavy atom. The van der Waals surface area contributed by atoms with Crippen molar-refractivity contribution >= 4 is 34.2 Å². The van der Waals surface area contributed by atoms with Gasteiger partial charge in [-0.25, -0.2) is 4.98 Å². The fourth-order valence-electron chi connectivity index (χ4n) is 1.82. The van der Waals surface area contributed by atoms with Crippen molar-refractivity contribution in [2.75, 3.05) is 5.32 Å². The van der Waals surface area contributed by atoms with E-state index in [-0.39, 0.29) is 5.91 Å². The molecule has 0 aliphatic heterocycles. The van der Waals surface area contributed by atoms with Crippen LogP contribution in [-0.2, 0) is 0 Å². The smallest absolute Gasteiger partial charge is 0.257 e. The number of aromatic nitrogens is 3. The first-order valence-electron chi connectivity index (χ1n) is 5.87. The average molecular weight is 285 g/mol. The Hall–Kier alpha value is -2.53. The van der Waals surface area contributed by atoms with Gasteiger partial charge in [0.2, 0.25) is 0 Å². The molecule has 0 aliphatic carbocycles. The molecule has 0 atom stereocenters. The van der Waals surface area contributed by atoms with Crippen LogP contribution in [0.3, 0.4) is 0 Å². The molecule has 98 valence electrons. The van der Waals surface area contributed by atoms with Gasteiger partial charge in [0, 0.05) is 12.4 Å². The van der Waals surface area contributed by atoms with Gasteiger partial charge < -0.3 is 5.32 Å². The third-order valence-corrected chi connectivity index (χ3v) is 2.95. The van der Waals surface area contributed by atoms with Gasteiger partial charge in [0.25, 0.3) is 5.91 Å². The summed E-state index contributed by atoms with van der Waals surface area (Å²) >= 11 is 5.70. The molecular formula is C14H9ClN4O. The molecule has 0 bridgehead atoms. The van der Waals surface area contributed by atoms with E-state index in [9.17, 15) is 4.79 Å². The monoisotopic (exact) mass is 284 g/mol. The molecule has 0 aliphatic rings. The second-order valence-electron chi connectivity index (χ2n) is 4.05. The molecule has 0 radical (unpaired) electrons. The summed E-state index contributed by atoms with van der Waals surface area (Å²) in [7, 11) is 0. The lowest BCUT2D eigenvalue weighted by Gasteiger charge is -2.06. The number of halogens is 1. The highest BCUT2D eigenvalue weighted by molar-refractivity contribution is 6.29. The molecule has 0 unspecified atom stereocenters. The van der Waals surface area contributed by atoms with Crippen LogP contribution in [0.1, 0.15) is 10.4 Å². The Kier molecular flexibility index (Phi) is 3.26. The summed E-state index contributed by atoms with van der Waals surface area (Å²) < 4.78 is 0. The molecule has 0 spiro atoms. The van der Waals surface area contributed by atoms with Crippen molar-refractivity contribution in [3.05, 3.63) is 59.6 Å². The first kappa shape index (κ1) is 12.5. The Bertz CT molecular complexity index is 768. The molecule has 1 aromatic carbocycles. The van der Waals surface area contributed by atoms with Crippen LogP contribution in [0.4, 0.5) is 5.69 Å². The fraction of sp³-hybridized carbons (Fsp3) is 0. The zero-order chi connectivity index (χ0) is 13.9. The van der Waals surface area contributed by atoms with Crippen molar-refractivity contribution in [1.82, 2.24) is 15.0 Å². The van der Waals surface area contributed by atoms with Gasteiger partial charge in [0.1, 0.15) is 10.7 Å². The van der Waals surface area contributed by atoms with Crippen molar-refractivity contribution in [1.29, 1.82) is 0 Å². The van der Waals surface area contributed by atoms with E-state index < -0.39 is 0 Å². The van der Waals surface area contributed by atoms with Crippen LogP contribution in [0.15, 0.2) is 48.9 Å². The molecule has 3 rings (SSSR count). The number of para-hydroxylation sites is 1. The number of hydrogen-bond donors (Lipinski definition) is 1. The summed E-state index contributed by atoms with van der Waals surface area (Å²) in [6.45, 7) is 0. The Balaban J connectivity index is 1.94. The molecule has 0 saturated carbocycles. The molecule has 0 fully saturated rings. The van der Waals surface area contributed by atoms with Gasteiger partial charge in [0.15, 0.2) is 0 Å². The minimum atomic E-state index is -0.264. The van der Waals surface area contributed by atoms with E-state index in [2.05, 4.69) is 20.3 Å². The molecule has 0 saturated heterocycles. The third-order valence-electron chi connectivity index (χ3n) is 2.73. The summed E-state index contributed by atoms with van der Waals surface area (Å²) in [5.74, 6) is -0.264. The van der Waals surface area contributed by atoms with Crippen LogP contribution in [0.5, 0.6) is 0 Å². The number of carbonyl (C=O) groups is 1. The SMILES string of the molecule is O=C(Nc1ccc(Cl)nc1)c1cccc2nccnc12. The molecule has 3 aromatic rings. The minimum absolute atomic E-state index is 0.264. The van der Waals surface area contributed by atoms with E-state index in [4.69, 9.17) is 11.6 Å². The minimum Gasteiger partial charge on any atom is -0.321 e. The van der Waals surface area contributed by atoms with E-state index in [0.29, 0.717) is 27.4 Å². The van der Waals surface area contributed by atoms with E-state index in [0.717, 1.165) is 0 Å². The number of nitrogens with one attached hydrogen (secondary N) is 1. The maximum absolute atomic E-state index is 12.3. The zero-order valence-electron chi connectivity index (χ0n) is 10.2. The van der Waals surface area contributed by atoms with Gasteiger partial charge in [-0.05, 0) is 24.3 Å². The van der Waals surface area contributed by atoms with Crippen LogP contribution in [0.2, 0.25) is 5.15 Å². The number of rotatable bonds is 2. The van der Waals surface area contributed by atoms with Gasteiger partial charge in [-0.15, -0.1) is 0 Å². The molecule has 5 nitrogen and oxygen atoms in total. The molecule has 1 N–H and O–H groups in total. The number of fused-ring (bicyclic) bond motifs is 1. The second-order valence-corrected chi connectivity index (χ2v) is 4.44. The van der Waals surface area contributed by atoms with E-state index in [1.54, 1.807) is 36.7 Å². The maximum Gasteiger partial charge on any atom is 0.257 e. The van der Waals surface area contributed by atoms with Crippen LogP contribution < -0.4 is 5.32 Å². The van der Waals surface area contributed by atoms with Crippen LogP contribution >= 0.6 is 11.6 Å². The first-order valence-corrected chi connectivity index (χ1v) is 6.24. The number of anilines is 1. The summed E-state index contributed by atoms with van der Waals surface area (Å²) in [5.41, 5.74) is 2.27. The predicted molar refractivity (Wildman–Crippen MR) is 76.7 cm³/mol. The highest BCUT2D eigenvalue weighted by Gasteiger charge is 2.11. The largest absolute Gasteiger partial charge is 0.321 e. The fourth-order valence-corrected chi connectivity index (χ4v) is 1.94. The van der Waals surface area contributed by atoms with Gasteiger partial charge in [-0.1, -0.05) is 17.7 Å². The van der Waals surface area contributed by atoms with Crippen molar-refractivity contribution in [2.45, 2.75) is 0 Å². The number of benzene rings is 1. The summed E-state index contributed by atoms with van der Waals surface area (Å²) in [4.78, 5) is 24.6. The number of carbonyl (C=O) groups excluding carboxylic acids is 1. The normalized spacial score (nSPS) is 10.4. The molecule has 2 heterocycles. The molecule has 1 amide bonds. The average Bonchev–Trinajstić information content (AvgIpc) is 2.49. The zero-order valence-corrected chi connectivity index (χ0v) is 11.0. The standard InChI is InChI=1S/C14H9ClN4O/c15-12-5-4-9(8-18-12)19-14(20)10-2-1-3-11-13(10)17-7-6-16-11/h1-8H,(H,19,20). The van der Waals surface area contributed by atoms with Crippen LogP contribution in [-0.4, -0.2) is 20.9 Å². The lowest BCUT2D eigenvalue weighted by molar-refractivity contribution is 0.102. The molecular weight excluding hydrogens is 276 g/mol. The highest BCUT2D eigenvalue weighted by Crippen LogP contribution is 2.16. The van der Waals surface area contributed by atoms with E-state index in [1.165, 1.54) is 6.20 Å². The quantitative estimate of drug-likeness (QED) is 0.735. The van der Waals surface area contributed by atoms with Crippen molar-refractivity contribution in [3.8, 4) is 0 Å². The second kappa shape index (κ2) is 5.22. The van der Waals surface area contributed by atoms with Crippen LogP contribution in [0, 0.1) is 0 Å². The van der Waals surface area contributed by atoms with Crippen LogP contribution in [0.25, 0.3) is 11.0 Å². The number of hydrogen-bond acceptors (Lipinski definition) is 4. The van der Waals surface area contributed by atoms with Gasteiger partial charge in [-0.2, -0.15) is 0 Å². The summed E-state index contributed by atoms with van der Waals surface area (Å²) in [6, 6.07) is 8.58. The van der Waals surface area contributed by atoms with Crippen molar-refractivity contribution < 1.29 is 4.79 Å². The lowest BCUT2D eigenvalue weighted by atomic mass is 10.1. The predicted octanol–water partition coefficient (Wildman–Crippen LogP) is 2.93. The Labute approximate surface area is 119 Å². The number of amides is 1. The maximum atomic E-state index is 12.3. The van der Waals surface area contributed by atoms with Crippen molar-refractivity contribution in [3.63, 3.8) is 0 Å². The molecule has 6 heteroatoms. The summed E-state index contributed by atoms with van der Waals surface area (Å²) in [6.07, 6.45) is 4.65. The first-order chi connectivity index (χ1) is 9.74. The van der Waals surface area contributed by atoms with Crippen molar-refractivity contribution in [2.24, 2.45) is 0 Å². The summed E-state index contributed by atoms with van der Waals surface area (Å²) in [5, 5.41) is 3.12. The topological polar surface area (TPSA) is 67.8 Å². The van der Waals surface area contributed by atoms with Gasteiger partial charge in [0.05, 0.1) is 23.0 Å².